The van der Waals surface area contributed by atoms with Crippen LogP contribution >= 0.6 is 0 Å². The van der Waals surface area contributed by atoms with E-state index in [0.29, 0.717) is 17.7 Å². The first-order valence-electron chi connectivity index (χ1n) is 23.4. The highest BCUT2D eigenvalue weighted by Gasteiger charge is 2.20. The van der Waals surface area contributed by atoms with E-state index in [1.165, 1.54) is 32.6 Å². The summed E-state index contributed by atoms with van der Waals surface area (Å²) in [4.78, 5) is 16.5. The van der Waals surface area contributed by atoms with Gasteiger partial charge in [0.05, 0.1) is 33.1 Å². The van der Waals surface area contributed by atoms with Crippen LogP contribution in [0.2, 0.25) is 0 Å². The van der Waals surface area contributed by atoms with Crippen LogP contribution in [0.3, 0.4) is 0 Å². The molecule has 0 saturated heterocycles. The average Bonchev–Trinajstić information content (AvgIpc) is 3.95. The summed E-state index contributed by atoms with van der Waals surface area (Å²) >= 11 is 0. The Balaban J connectivity index is 1.03. The second-order valence-corrected chi connectivity index (χ2v) is 17.6. The van der Waals surface area contributed by atoms with Crippen molar-refractivity contribution in [2.45, 2.75) is 0 Å². The molecule has 0 fully saturated rings. The van der Waals surface area contributed by atoms with Gasteiger partial charge >= 0.3 is 0 Å². The summed E-state index contributed by atoms with van der Waals surface area (Å²) in [7, 11) is 0. The molecule has 0 amide bonds. The van der Waals surface area contributed by atoms with Crippen LogP contribution in [0.1, 0.15) is 0 Å². The minimum Gasteiger partial charge on any atom is -0.309 e. The fourth-order valence-corrected chi connectivity index (χ4v) is 10.7. The molecule has 0 spiro atoms. The number of benzene rings is 10. The van der Waals surface area contributed by atoms with Crippen molar-refractivity contribution in [1.82, 2.24) is 28.7 Å². The molecule has 6 heteroatoms. The molecule has 0 aliphatic carbocycles. The maximum atomic E-state index is 5.54. The third kappa shape index (κ3) is 6.16. The molecule has 322 valence electrons. The number of aromatic nitrogens is 6. The zero-order chi connectivity index (χ0) is 45.4. The van der Waals surface area contributed by atoms with E-state index in [-0.39, 0.29) is 0 Å². The van der Waals surface area contributed by atoms with Crippen LogP contribution in [-0.4, -0.2) is 28.7 Å². The molecule has 6 nitrogen and oxygen atoms in total. The second kappa shape index (κ2) is 15.6. The van der Waals surface area contributed by atoms with Crippen LogP contribution in [0.5, 0.6) is 0 Å². The van der Waals surface area contributed by atoms with Gasteiger partial charge in [0.15, 0.2) is 5.82 Å². The Morgan fingerprint density at radius 1 is 0.217 bits per heavy atom. The van der Waals surface area contributed by atoms with Crippen LogP contribution in [0.15, 0.2) is 243 Å². The predicted molar refractivity (Wildman–Crippen MR) is 286 cm³/mol. The van der Waals surface area contributed by atoms with E-state index in [9.17, 15) is 0 Å². The predicted octanol–water partition coefficient (Wildman–Crippen LogP) is 15.9. The normalized spacial score (nSPS) is 11.8. The van der Waals surface area contributed by atoms with Crippen LogP contribution < -0.4 is 0 Å². The third-order valence-electron chi connectivity index (χ3n) is 13.8. The van der Waals surface area contributed by atoms with Crippen molar-refractivity contribution in [2.24, 2.45) is 0 Å². The first-order valence-corrected chi connectivity index (χ1v) is 23.4. The van der Waals surface area contributed by atoms with Gasteiger partial charge in [-0.25, -0.2) is 0 Å². The van der Waals surface area contributed by atoms with Crippen LogP contribution in [-0.2, 0) is 0 Å². The summed E-state index contributed by atoms with van der Waals surface area (Å²) in [5.41, 5.74) is 10.6. The van der Waals surface area contributed by atoms with E-state index >= 15 is 0 Å². The number of nitrogens with zero attached hydrogens (tertiary/aromatic N) is 6. The second-order valence-electron chi connectivity index (χ2n) is 17.6. The molecule has 0 atom stereocenters. The maximum absolute atomic E-state index is 5.54. The molecule has 0 radical (unpaired) electrons. The van der Waals surface area contributed by atoms with Crippen molar-refractivity contribution in [3.8, 4) is 40.1 Å². The molecular weight excluding hydrogens is 841 g/mol. The Morgan fingerprint density at radius 2 is 0.522 bits per heavy atom. The van der Waals surface area contributed by atoms with Gasteiger partial charge in [0, 0.05) is 43.6 Å². The van der Waals surface area contributed by atoms with Gasteiger partial charge in [-0.1, -0.05) is 194 Å². The topological polar surface area (TPSA) is 53.5 Å². The number of rotatable bonds is 5. The monoisotopic (exact) mass is 880 g/mol. The molecule has 0 N–H and O–H groups in total. The first kappa shape index (κ1) is 38.8. The summed E-state index contributed by atoms with van der Waals surface area (Å²) in [6.45, 7) is 0. The lowest BCUT2D eigenvalue weighted by molar-refractivity contribution is 0.891. The van der Waals surface area contributed by atoms with Crippen molar-refractivity contribution in [3.63, 3.8) is 0 Å². The summed E-state index contributed by atoms with van der Waals surface area (Å²) < 4.78 is 6.79. The molecule has 0 unspecified atom stereocenters. The van der Waals surface area contributed by atoms with Crippen molar-refractivity contribution in [2.75, 3.05) is 0 Å². The summed E-state index contributed by atoms with van der Waals surface area (Å²) in [6.07, 6.45) is 0. The van der Waals surface area contributed by atoms with Gasteiger partial charge in [-0.15, -0.1) is 0 Å². The summed E-state index contributed by atoms with van der Waals surface area (Å²) in [5.74, 6) is 1.61. The molecule has 10 aromatic carbocycles. The van der Waals surface area contributed by atoms with E-state index in [1.807, 2.05) is 0 Å². The first-order chi connectivity index (χ1) is 34.2. The molecule has 0 aliphatic heterocycles. The molecule has 14 aromatic rings. The standard InChI is InChI=1S/C63H40N6/c1-3-22-47-45(20-1)46-21-2-4-23-48(46)50-25-6-14-33-58(50)68(57-32-13-5-24-49(47)57)62-64-61(65-63(66-62)69-59-34-15-9-28-53(59)54-29-10-16-35-60(54)69)42-38-36-41(37-39-42)43-18-17-19-44(40-43)67-55-30-11-7-26-51(55)52-27-8-12-31-56(52)67/h1-40H. The van der Waals surface area contributed by atoms with Crippen LogP contribution in [0.25, 0.3) is 127 Å². The van der Waals surface area contributed by atoms with Gasteiger partial charge < -0.3 is 4.57 Å². The van der Waals surface area contributed by atoms with Crippen molar-refractivity contribution >= 4 is 87.0 Å². The van der Waals surface area contributed by atoms with Crippen LogP contribution in [0, 0.1) is 0 Å². The van der Waals surface area contributed by atoms with Gasteiger partial charge in [0.2, 0.25) is 11.9 Å². The molecule has 0 saturated carbocycles. The Kier molecular flexibility index (Phi) is 8.79. The maximum Gasteiger partial charge on any atom is 0.240 e. The minimum atomic E-state index is 0.511. The molecule has 4 heterocycles. The van der Waals surface area contributed by atoms with Crippen molar-refractivity contribution in [1.29, 1.82) is 0 Å². The molecule has 0 bridgehead atoms. The number of hydrogen-bond donors (Lipinski definition) is 0. The van der Waals surface area contributed by atoms with Crippen LogP contribution in [0.4, 0.5) is 0 Å². The Morgan fingerprint density at radius 3 is 0.913 bits per heavy atom. The zero-order valence-electron chi connectivity index (χ0n) is 37.3. The average molecular weight is 881 g/mol. The smallest absolute Gasteiger partial charge is 0.240 e. The lowest BCUT2D eigenvalue weighted by atomic mass is 10.0. The van der Waals surface area contributed by atoms with Gasteiger partial charge in [0.1, 0.15) is 0 Å². The number of fused-ring (bicyclic) bond motifs is 13. The van der Waals surface area contributed by atoms with Crippen molar-refractivity contribution < 1.29 is 0 Å². The van der Waals surface area contributed by atoms with E-state index in [0.717, 1.165) is 76.8 Å². The molecule has 69 heavy (non-hydrogen) atoms. The Hall–Kier alpha value is -9.39. The van der Waals surface area contributed by atoms with Crippen molar-refractivity contribution in [3.05, 3.63) is 243 Å². The Labute approximate surface area is 396 Å². The highest BCUT2D eigenvalue weighted by Crippen LogP contribution is 2.37. The largest absolute Gasteiger partial charge is 0.309 e. The van der Waals surface area contributed by atoms with E-state index < -0.39 is 0 Å². The fourth-order valence-electron chi connectivity index (χ4n) is 10.7. The lowest BCUT2D eigenvalue weighted by Crippen LogP contribution is -2.11. The fraction of sp³-hybridized carbons (Fsp3) is 0. The SMILES string of the molecule is c1cc(-c2ccc(-c3nc(-n4c5ccccc5c5ccccc5c5ccccc5c5ccccc54)nc(-n4c5ccccc5c5ccccc54)n3)cc2)cc(-n2c3ccccc3c3ccccc32)c1. The molecule has 0 aliphatic rings. The van der Waals surface area contributed by atoms with Gasteiger partial charge in [0.25, 0.3) is 0 Å². The number of para-hydroxylation sites is 6. The zero-order valence-corrected chi connectivity index (χ0v) is 37.3. The van der Waals surface area contributed by atoms with Gasteiger partial charge in [-0.3, -0.25) is 9.13 Å². The van der Waals surface area contributed by atoms with Gasteiger partial charge in [-0.2, -0.15) is 15.0 Å². The highest BCUT2D eigenvalue weighted by molar-refractivity contribution is 6.19. The molecule has 4 aromatic heterocycles. The van der Waals surface area contributed by atoms with Gasteiger partial charge in [-0.05, 0) is 81.2 Å². The summed E-state index contributed by atoms with van der Waals surface area (Å²) in [5, 5.41) is 11.5. The minimum absolute atomic E-state index is 0.511. The van der Waals surface area contributed by atoms with E-state index in [4.69, 9.17) is 15.0 Å². The van der Waals surface area contributed by atoms with E-state index in [2.05, 4.69) is 256 Å². The lowest BCUT2D eigenvalue weighted by Gasteiger charge is -2.15. The van der Waals surface area contributed by atoms with E-state index in [1.54, 1.807) is 0 Å². The highest BCUT2D eigenvalue weighted by atomic mass is 15.3. The quantitative estimate of drug-likeness (QED) is 0.173. The third-order valence-corrected chi connectivity index (χ3v) is 13.8. The Bertz CT molecular complexity index is 4230. The molecule has 14 rings (SSSR count). The number of hydrogen-bond acceptors (Lipinski definition) is 3. The molecular formula is C63H40N6. The summed E-state index contributed by atoms with van der Waals surface area (Å²) in [6, 6.07) is 86.4.